The van der Waals surface area contributed by atoms with E-state index in [0.29, 0.717) is 35.5 Å². The first-order chi connectivity index (χ1) is 47.5. The van der Waals surface area contributed by atoms with Gasteiger partial charge in [0.25, 0.3) is 0 Å². The van der Waals surface area contributed by atoms with Crippen LogP contribution in [-0.4, -0.2) is 253 Å². The molecule has 37 heteroatoms. The first-order valence-electron chi connectivity index (χ1n) is 32.4. The molecule has 20 N–H and O–H groups in total. The molecule has 2 aromatic carbocycles. The fourth-order valence-corrected chi connectivity index (χ4v) is 12.6. The molecule has 35 nitrogen and oxygen atoms in total. The number of aliphatic imine (C=N–C) groups is 1. The molecular weight excluding hydrogens is 1350 g/mol. The number of rotatable bonds is 40. The number of aliphatic carboxylic acids is 3. The van der Waals surface area contributed by atoms with E-state index < -0.39 is 181 Å². The number of carboxylic acid groups (broad SMARTS) is 3. The molecule has 0 spiro atoms. The third-order valence-corrected chi connectivity index (χ3v) is 18.0. The Bertz CT molecular complexity index is 3290. The number of guanidine groups is 1. The Balaban J connectivity index is 1.35. The number of hydrogen-bond acceptors (Lipinski definition) is 20. The van der Waals surface area contributed by atoms with Crippen molar-refractivity contribution < 1.29 is 92.3 Å². The van der Waals surface area contributed by atoms with E-state index in [0.717, 1.165) is 9.80 Å². The van der Waals surface area contributed by atoms with Gasteiger partial charge in [-0.3, -0.25) is 76.9 Å². The lowest BCUT2D eigenvalue weighted by Gasteiger charge is -2.33. The number of carboxylic acids is 3. The summed E-state index contributed by atoms with van der Waals surface area (Å²) in [6, 6.07) is -2.20. The largest absolute Gasteiger partial charge is 0.508 e. The monoisotopic (exact) mass is 1440 g/mol. The van der Waals surface area contributed by atoms with Crippen molar-refractivity contribution in [2.75, 3.05) is 56.7 Å². The normalized spacial score (nSPS) is 18.0. The Morgan fingerprint density at radius 1 is 0.510 bits per heavy atom. The standard InChI is InChI=1S/C63H90N16O19S2/c1-99-26-20-38(52(65)88)71-55(91)40(21-27-100-2)70-48(81)33-69-53(89)41(29-35-16-18-36(80)19-17-35)73-56(92)42(28-34-10-4-3-5-11-34)74-54(90)39(12-6-22-68-63(66)67)72-57(93)43(31-50(84)85)75-58(94)45-13-7-23-77(45)61(97)44(32-51(86)87)76-59(95)46-14-8-24-78(46)62(98)47-15-9-25-79(47)60(96)37(64)30-49(82)83/h3-5,10-11,16-19,37-47,80H,6-9,12-15,20-33,64H2,1-2H3,(H2,65,88)(H,69,89)(H,70,81)(H,71,91)(H,72,93)(H,73,92)(H,74,90)(H,75,94)(H,76,95)(H,82,83)(H,84,85)(H,86,87)(H4,66,67,68). The predicted molar refractivity (Wildman–Crippen MR) is 363 cm³/mol. The van der Waals surface area contributed by atoms with Crippen LogP contribution in [0, 0.1) is 0 Å². The maximum atomic E-state index is 14.7. The molecule has 3 saturated heterocycles. The van der Waals surface area contributed by atoms with E-state index in [9.17, 15) is 92.3 Å². The Kier molecular flexibility index (Phi) is 32.6. The first-order valence-corrected chi connectivity index (χ1v) is 35.2. The van der Waals surface area contributed by atoms with E-state index in [4.69, 9.17) is 22.9 Å². The van der Waals surface area contributed by atoms with E-state index in [1.807, 2.05) is 6.26 Å². The van der Waals surface area contributed by atoms with Crippen LogP contribution in [0.1, 0.15) is 94.6 Å². The zero-order chi connectivity index (χ0) is 73.8. The van der Waals surface area contributed by atoms with Gasteiger partial charge in [-0.2, -0.15) is 23.5 Å². The molecule has 3 heterocycles. The fraction of sp³-hybridized carbons (Fsp3) is 0.556. The number of phenols is 1. The quantitative estimate of drug-likeness (QED) is 0.0170. The summed E-state index contributed by atoms with van der Waals surface area (Å²) in [4.78, 5) is 210. The lowest BCUT2D eigenvalue weighted by molar-refractivity contribution is -0.149. The molecule has 0 bridgehead atoms. The highest BCUT2D eigenvalue weighted by atomic mass is 32.2. The van der Waals surface area contributed by atoms with E-state index in [1.54, 1.807) is 36.6 Å². The smallest absolute Gasteiger partial charge is 0.305 e. The molecular formula is C63H90N16O19S2. The summed E-state index contributed by atoms with van der Waals surface area (Å²) in [6.45, 7) is -0.885. The number of nitrogens with two attached hydrogens (primary N) is 4. The third kappa shape index (κ3) is 25.5. The second-order valence-corrected chi connectivity index (χ2v) is 26.1. The molecule has 100 heavy (non-hydrogen) atoms. The minimum absolute atomic E-state index is 0.0347. The van der Waals surface area contributed by atoms with Gasteiger partial charge in [-0.1, -0.05) is 42.5 Å². The van der Waals surface area contributed by atoms with Crippen LogP contribution in [0.15, 0.2) is 59.6 Å². The maximum Gasteiger partial charge on any atom is 0.305 e. The highest BCUT2D eigenvalue weighted by Crippen LogP contribution is 2.27. The maximum absolute atomic E-state index is 14.7. The van der Waals surface area contributed by atoms with Gasteiger partial charge in [0.15, 0.2) is 5.96 Å². The molecule has 0 saturated carbocycles. The van der Waals surface area contributed by atoms with Crippen LogP contribution in [0.2, 0.25) is 0 Å². The van der Waals surface area contributed by atoms with Crippen molar-refractivity contribution in [3.05, 3.63) is 65.7 Å². The average Bonchev–Trinajstić information content (AvgIpc) is 1.62. The molecule has 12 amide bonds. The van der Waals surface area contributed by atoms with Crippen LogP contribution in [0.4, 0.5) is 0 Å². The molecule has 3 fully saturated rings. The zero-order valence-electron chi connectivity index (χ0n) is 55.4. The van der Waals surface area contributed by atoms with Crippen LogP contribution < -0.4 is 65.5 Å². The van der Waals surface area contributed by atoms with E-state index in [1.165, 1.54) is 52.7 Å². The number of carbonyl (C=O) groups is 15. The minimum Gasteiger partial charge on any atom is -0.508 e. The number of aromatic hydroxyl groups is 1. The average molecular weight is 1440 g/mol. The van der Waals surface area contributed by atoms with Gasteiger partial charge in [-0.15, -0.1) is 0 Å². The Labute approximate surface area is 584 Å². The molecule has 11 unspecified atom stereocenters. The van der Waals surface area contributed by atoms with Crippen molar-refractivity contribution in [3.8, 4) is 5.75 Å². The zero-order valence-corrected chi connectivity index (χ0v) is 57.1. The summed E-state index contributed by atoms with van der Waals surface area (Å²) in [5, 5.41) is 59.4. The summed E-state index contributed by atoms with van der Waals surface area (Å²) in [5.74, 6) is -15.0. The minimum atomic E-state index is -1.98. The number of nitrogens with zero attached hydrogens (tertiary/aromatic N) is 4. The SMILES string of the molecule is CSCCC(NC(=O)C(CCSC)NC(=O)CNC(=O)C(Cc1ccc(O)cc1)NC(=O)C(Cc1ccccc1)NC(=O)C(CCCN=C(N)N)NC(=O)C(CC(=O)O)NC(=O)C1CCCN1C(=O)C(CC(=O)O)NC(=O)C1CCCN1C(=O)C1CCCN1C(=O)C(N)CC(=O)O)C(N)=O. The van der Waals surface area contributed by atoms with Gasteiger partial charge in [0, 0.05) is 39.0 Å². The van der Waals surface area contributed by atoms with Crippen molar-refractivity contribution in [2.24, 2.45) is 27.9 Å². The number of amides is 12. The molecule has 0 radical (unpaired) electrons. The number of hydrogen-bond donors (Lipinski definition) is 16. The van der Waals surface area contributed by atoms with Gasteiger partial charge < -0.3 is 101 Å². The number of thioether (sulfide) groups is 2. The lowest BCUT2D eigenvalue weighted by Crippen LogP contribution is -2.60. The molecule has 0 aliphatic carbocycles. The fourth-order valence-electron chi connectivity index (χ4n) is 11.6. The Hall–Kier alpha value is -9.78. The van der Waals surface area contributed by atoms with E-state index in [2.05, 4.69) is 47.5 Å². The van der Waals surface area contributed by atoms with E-state index >= 15 is 0 Å². The number of primary amides is 1. The van der Waals surface area contributed by atoms with Crippen LogP contribution in [-0.2, 0) is 84.8 Å². The van der Waals surface area contributed by atoms with Crippen LogP contribution in [0.3, 0.4) is 0 Å². The summed E-state index contributed by atoms with van der Waals surface area (Å²) in [7, 11) is 0. The van der Waals surface area contributed by atoms with Crippen molar-refractivity contribution in [1.82, 2.24) is 57.2 Å². The molecule has 11 atom stereocenters. The highest BCUT2D eigenvalue weighted by molar-refractivity contribution is 7.98. The molecule has 5 rings (SSSR count). The number of phenolic OH excluding ortho intramolecular Hbond substituents is 1. The summed E-state index contributed by atoms with van der Waals surface area (Å²) in [6.07, 6.45) is 1.23. The molecule has 2 aromatic rings. The summed E-state index contributed by atoms with van der Waals surface area (Å²) < 4.78 is 0. The lowest BCUT2D eigenvalue weighted by atomic mass is 10.0. The van der Waals surface area contributed by atoms with Crippen LogP contribution in [0.5, 0.6) is 5.75 Å². The van der Waals surface area contributed by atoms with Gasteiger partial charge >= 0.3 is 17.9 Å². The molecule has 548 valence electrons. The first kappa shape index (κ1) is 80.9. The Morgan fingerprint density at radius 2 is 0.960 bits per heavy atom. The van der Waals surface area contributed by atoms with Gasteiger partial charge in [-0.25, -0.2) is 0 Å². The number of likely N-dealkylation sites (tertiary alicyclic amines) is 3. The number of benzene rings is 2. The van der Waals surface area contributed by atoms with Crippen LogP contribution in [0.25, 0.3) is 0 Å². The molecule has 3 aliphatic rings. The van der Waals surface area contributed by atoms with Gasteiger partial charge in [0.05, 0.1) is 31.8 Å². The van der Waals surface area contributed by atoms with Crippen molar-refractivity contribution in [3.63, 3.8) is 0 Å². The Morgan fingerprint density at radius 3 is 1.51 bits per heavy atom. The number of nitrogens with one attached hydrogen (secondary N) is 8. The van der Waals surface area contributed by atoms with E-state index in [-0.39, 0.29) is 102 Å². The van der Waals surface area contributed by atoms with Crippen LogP contribution >= 0.6 is 23.5 Å². The predicted octanol–water partition coefficient (Wildman–Crippen LogP) is -4.54. The molecule has 0 aromatic heterocycles. The second-order valence-electron chi connectivity index (χ2n) is 24.1. The highest BCUT2D eigenvalue weighted by Gasteiger charge is 2.46. The molecule has 3 aliphatic heterocycles. The summed E-state index contributed by atoms with van der Waals surface area (Å²) >= 11 is 2.81. The van der Waals surface area contributed by atoms with Gasteiger partial charge in [0.1, 0.15) is 66.2 Å². The third-order valence-electron chi connectivity index (χ3n) is 16.7. The topological polar surface area (TPSA) is 559 Å². The second kappa shape index (κ2) is 40.3. The van der Waals surface area contributed by atoms with Crippen molar-refractivity contribution >= 4 is 118 Å². The summed E-state index contributed by atoms with van der Waals surface area (Å²) in [5.41, 5.74) is 23.4. The van der Waals surface area contributed by atoms with Gasteiger partial charge in [-0.05, 0) is 111 Å². The van der Waals surface area contributed by atoms with Gasteiger partial charge in [0.2, 0.25) is 70.9 Å². The van der Waals surface area contributed by atoms with Crippen molar-refractivity contribution in [2.45, 2.75) is 163 Å². The van der Waals surface area contributed by atoms with Crippen molar-refractivity contribution in [1.29, 1.82) is 0 Å². The number of carbonyl (C=O) groups excluding carboxylic acids is 12.